The van der Waals surface area contributed by atoms with E-state index in [2.05, 4.69) is 13.8 Å². The zero-order chi connectivity index (χ0) is 22.7. The molecule has 2 saturated carbocycles. The molecule has 2 fully saturated rings. The summed E-state index contributed by atoms with van der Waals surface area (Å²) < 4.78 is 16.4. The second-order valence-corrected chi connectivity index (χ2v) is 10.9. The Morgan fingerprint density at radius 3 is 1.45 bits per heavy atom. The van der Waals surface area contributed by atoms with E-state index in [9.17, 15) is 9.59 Å². The first-order chi connectivity index (χ1) is 14.8. The average molecular weight is 439 g/mol. The monoisotopic (exact) mass is 438 g/mol. The lowest BCUT2D eigenvalue weighted by Crippen LogP contribution is -2.35. The number of esters is 2. The van der Waals surface area contributed by atoms with E-state index in [-0.39, 0.29) is 25.2 Å². The third kappa shape index (κ3) is 10.4. The summed E-state index contributed by atoms with van der Waals surface area (Å²) in [5.41, 5.74) is -0.513. The van der Waals surface area contributed by atoms with E-state index in [1.165, 1.54) is 51.4 Å². The Hall–Kier alpha value is -1.10. The van der Waals surface area contributed by atoms with E-state index >= 15 is 0 Å². The number of carbonyl (C=O) groups is 2. The van der Waals surface area contributed by atoms with Gasteiger partial charge in [0, 0.05) is 20.0 Å². The molecule has 31 heavy (non-hydrogen) atoms. The Bertz CT molecular complexity index is 488. The Kier molecular flexibility index (Phi) is 11.3. The summed E-state index contributed by atoms with van der Waals surface area (Å²) in [6.45, 7) is 7.38. The fourth-order valence-electron chi connectivity index (χ4n) is 5.01. The highest BCUT2D eigenvalue weighted by atomic mass is 16.6. The van der Waals surface area contributed by atoms with Crippen molar-refractivity contribution in [3.05, 3.63) is 0 Å². The van der Waals surface area contributed by atoms with Crippen molar-refractivity contribution in [2.75, 3.05) is 26.9 Å². The summed E-state index contributed by atoms with van der Waals surface area (Å²) >= 11 is 0. The topological polar surface area (TPSA) is 61.8 Å². The van der Waals surface area contributed by atoms with Crippen molar-refractivity contribution in [3.63, 3.8) is 0 Å². The van der Waals surface area contributed by atoms with E-state index in [1.807, 2.05) is 6.92 Å². The van der Waals surface area contributed by atoms with E-state index < -0.39 is 5.41 Å². The molecule has 2 rings (SSSR count). The zero-order valence-corrected chi connectivity index (χ0v) is 20.5. The molecular formula is C26H46O5. The van der Waals surface area contributed by atoms with Crippen molar-refractivity contribution in [2.45, 2.75) is 97.8 Å². The smallest absolute Gasteiger partial charge is 0.305 e. The first-order valence-corrected chi connectivity index (χ1v) is 12.6. The molecule has 2 aliphatic rings. The van der Waals surface area contributed by atoms with Crippen LogP contribution >= 0.6 is 0 Å². The number of methoxy groups -OCH3 is 1. The van der Waals surface area contributed by atoms with E-state index in [0.29, 0.717) is 31.3 Å². The molecule has 0 aromatic rings. The Morgan fingerprint density at radius 2 is 1.10 bits per heavy atom. The highest BCUT2D eigenvalue weighted by molar-refractivity contribution is 5.70. The van der Waals surface area contributed by atoms with E-state index in [4.69, 9.17) is 14.2 Å². The minimum Gasteiger partial charge on any atom is -0.465 e. The molecule has 5 heteroatoms. The number of rotatable bonds is 12. The van der Waals surface area contributed by atoms with Gasteiger partial charge < -0.3 is 14.2 Å². The van der Waals surface area contributed by atoms with Crippen LogP contribution in [0.5, 0.6) is 0 Å². The van der Waals surface area contributed by atoms with Gasteiger partial charge in [-0.1, -0.05) is 72.1 Å². The average Bonchev–Trinajstić information content (AvgIpc) is 2.76. The standard InChI is InChI=1S/C26H46O5/c1-20-5-9-22(10-6-20)13-15-24(27)30-18-26(3,17-29-4)19-31-25(28)16-14-23-11-7-21(2)8-12-23/h20-23H,5-19H2,1-4H3. The van der Waals surface area contributed by atoms with Crippen LogP contribution in [0.25, 0.3) is 0 Å². The minimum atomic E-state index is -0.513. The van der Waals surface area contributed by atoms with Crippen LogP contribution in [-0.4, -0.2) is 38.9 Å². The van der Waals surface area contributed by atoms with Gasteiger partial charge in [-0.2, -0.15) is 0 Å². The third-order valence-electron chi connectivity index (χ3n) is 7.44. The Balaban J connectivity index is 1.65. The van der Waals surface area contributed by atoms with Gasteiger partial charge in [-0.3, -0.25) is 9.59 Å². The first kappa shape index (κ1) is 26.2. The lowest BCUT2D eigenvalue weighted by atomic mass is 9.81. The van der Waals surface area contributed by atoms with Crippen molar-refractivity contribution in [1.29, 1.82) is 0 Å². The Labute approximate surface area is 190 Å². The van der Waals surface area contributed by atoms with Gasteiger partial charge in [0.2, 0.25) is 0 Å². The SMILES string of the molecule is COCC(C)(COC(=O)CCC1CCC(C)CC1)COC(=O)CCC1CCC(C)CC1. The molecule has 0 bridgehead atoms. The van der Waals surface area contributed by atoms with Crippen LogP contribution in [0.3, 0.4) is 0 Å². The summed E-state index contributed by atoms with van der Waals surface area (Å²) in [6, 6.07) is 0. The molecule has 0 aliphatic heterocycles. The lowest BCUT2D eigenvalue weighted by Gasteiger charge is -2.29. The molecule has 0 aromatic carbocycles. The number of carbonyl (C=O) groups excluding carboxylic acids is 2. The van der Waals surface area contributed by atoms with E-state index in [1.54, 1.807) is 7.11 Å². The molecule has 0 heterocycles. The summed E-state index contributed by atoms with van der Waals surface area (Å²) in [6.07, 6.45) is 12.8. The number of ether oxygens (including phenoxy) is 3. The molecule has 0 unspecified atom stereocenters. The minimum absolute atomic E-state index is 0.154. The molecule has 0 radical (unpaired) electrons. The van der Waals surface area contributed by atoms with Gasteiger partial charge in [0.1, 0.15) is 13.2 Å². The predicted molar refractivity (Wildman–Crippen MR) is 123 cm³/mol. The van der Waals surface area contributed by atoms with Crippen LogP contribution in [-0.2, 0) is 23.8 Å². The molecular weight excluding hydrogens is 392 g/mol. The maximum absolute atomic E-state index is 12.3. The second kappa shape index (κ2) is 13.4. The molecule has 0 N–H and O–H groups in total. The fourth-order valence-corrected chi connectivity index (χ4v) is 5.01. The fraction of sp³-hybridized carbons (Fsp3) is 0.923. The highest BCUT2D eigenvalue weighted by Crippen LogP contribution is 2.32. The van der Waals surface area contributed by atoms with Crippen LogP contribution in [0.2, 0.25) is 0 Å². The van der Waals surface area contributed by atoms with Gasteiger partial charge in [-0.05, 0) is 36.5 Å². The molecule has 0 aromatic heterocycles. The molecule has 2 aliphatic carbocycles. The first-order valence-electron chi connectivity index (χ1n) is 12.6. The predicted octanol–water partition coefficient (Wildman–Crippen LogP) is 5.94. The van der Waals surface area contributed by atoms with Crippen LogP contribution in [0, 0.1) is 29.1 Å². The summed E-state index contributed by atoms with van der Waals surface area (Å²) in [5.74, 6) is 2.65. The zero-order valence-electron chi connectivity index (χ0n) is 20.5. The van der Waals surface area contributed by atoms with Gasteiger partial charge in [0.25, 0.3) is 0 Å². The quantitative estimate of drug-likeness (QED) is 0.353. The molecule has 0 amide bonds. The van der Waals surface area contributed by atoms with Crippen molar-refractivity contribution in [3.8, 4) is 0 Å². The second-order valence-electron chi connectivity index (χ2n) is 10.9. The van der Waals surface area contributed by atoms with Crippen molar-refractivity contribution < 1.29 is 23.8 Å². The molecule has 0 atom stereocenters. The lowest BCUT2D eigenvalue weighted by molar-refractivity contribution is -0.156. The molecule has 0 saturated heterocycles. The van der Waals surface area contributed by atoms with Crippen molar-refractivity contribution in [2.24, 2.45) is 29.1 Å². The van der Waals surface area contributed by atoms with E-state index in [0.717, 1.165) is 24.7 Å². The third-order valence-corrected chi connectivity index (χ3v) is 7.44. The number of hydrogen-bond acceptors (Lipinski definition) is 5. The van der Waals surface area contributed by atoms with Gasteiger partial charge in [0.15, 0.2) is 0 Å². The normalized spacial score (nSPS) is 28.5. The van der Waals surface area contributed by atoms with Crippen LogP contribution in [0.1, 0.15) is 97.8 Å². The van der Waals surface area contributed by atoms with Gasteiger partial charge in [-0.15, -0.1) is 0 Å². The molecule has 5 nitrogen and oxygen atoms in total. The van der Waals surface area contributed by atoms with Crippen LogP contribution in [0.4, 0.5) is 0 Å². The van der Waals surface area contributed by atoms with Gasteiger partial charge in [0.05, 0.1) is 12.0 Å². The maximum atomic E-state index is 12.3. The molecule has 0 spiro atoms. The van der Waals surface area contributed by atoms with Gasteiger partial charge >= 0.3 is 11.9 Å². The summed E-state index contributed by atoms with van der Waals surface area (Å²) in [4.78, 5) is 24.5. The van der Waals surface area contributed by atoms with Crippen LogP contribution in [0.15, 0.2) is 0 Å². The maximum Gasteiger partial charge on any atom is 0.305 e. The summed E-state index contributed by atoms with van der Waals surface area (Å²) in [7, 11) is 1.62. The van der Waals surface area contributed by atoms with Crippen LogP contribution < -0.4 is 0 Å². The van der Waals surface area contributed by atoms with Gasteiger partial charge in [-0.25, -0.2) is 0 Å². The largest absolute Gasteiger partial charge is 0.465 e. The van der Waals surface area contributed by atoms with Crippen molar-refractivity contribution >= 4 is 11.9 Å². The highest BCUT2D eigenvalue weighted by Gasteiger charge is 2.29. The number of hydrogen-bond donors (Lipinski definition) is 0. The summed E-state index contributed by atoms with van der Waals surface area (Å²) in [5, 5.41) is 0. The molecule has 180 valence electrons. The van der Waals surface area contributed by atoms with Crippen molar-refractivity contribution in [1.82, 2.24) is 0 Å². The Morgan fingerprint density at radius 1 is 0.710 bits per heavy atom.